The molecule has 1 heterocycles. The van der Waals surface area contributed by atoms with Crippen LogP contribution in [0.25, 0.3) is 0 Å². The molecule has 0 aliphatic heterocycles. The molecule has 0 bridgehead atoms. The summed E-state index contributed by atoms with van der Waals surface area (Å²) in [6.45, 7) is 18.0. The normalized spacial score (nSPS) is 12.3. The van der Waals surface area contributed by atoms with E-state index in [2.05, 4.69) is 44.0 Å². The van der Waals surface area contributed by atoms with Gasteiger partial charge < -0.3 is 14.5 Å². The number of nitrogens with one attached hydrogen (secondary N) is 1. The largest absolute Gasteiger partial charge is 0.465 e. The molecule has 0 saturated heterocycles. The summed E-state index contributed by atoms with van der Waals surface area (Å²) in [5, 5.41) is 3.46. The van der Waals surface area contributed by atoms with Crippen molar-refractivity contribution in [2.75, 3.05) is 26.3 Å². The van der Waals surface area contributed by atoms with Crippen LogP contribution in [0.2, 0.25) is 0 Å². The van der Waals surface area contributed by atoms with E-state index in [4.69, 9.17) is 9.15 Å². The third-order valence-electron chi connectivity index (χ3n) is 3.46. The summed E-state index contributed by atoms with van der Waals surface area (Å²) < 4.78 is 11.3. The van der Waals surface area contributed by atoms with Gasteiger partial charge in [-0.15, -0.1) is 0 Å². The van der Waals surface area contributed by atoms with Crippen LogP contribution in [0, 0.1) is 6.92 Å². The standard InChI is InChI=1S/C17H32N2O2/c1-7-19(9-10-20-8-2)13-15-11-16(21-14(15)3)12-18-17(4,5)6/h11,18H,7-10,12-13H2,1-6H3. The van der Waals surface area contributed by atoms with E-state index in [1.165, 1.54) is 5.56 Å². The maximum atomic E-state index is 5.86. The Morgan fingerprint density at radius 3 is 2.57 bits per heavy atom. The third-order valence-corrected chi connectivity index (χ3v) is 3.46. The van der Waals surface area contributed by atoms with Crippen LogP contribution in [0.5, 0.6) is 0 Å². The highest BCUT2D eigenvalue weighted by atomic mass is 16.5. The van der Waals surface area contributed by atoms with Gasteiger partial charge in [-0.1, -0.05) is 6.92 Å². The first kappa shape index (κ1) is 18.2. The van der Waals surface area contributed by atoms with Crippen LogP contribution >= 0.6 is 0 Å². The number of hydrogen-bond donors (Lipinski definition) is 1. The predicted octanol–water partition coefficient (Wildman–Crippen LogP) is 3.33. The summed E-state index contributed by atoms with van der Waals surface area (Å²) in [4.78, 5) is 2.38. The van der Waals surface area contributed by atoms with Gasteiger partial charge in [0, 0.05) is 30.8 Å². The Kier molecular flexibility index (Phi) is 7.43. The predicted molar refractivity (Wildman–Crippen MR) is 87.5 cm³/mol. The van der Waals surface area contributed by atoms with E-state index in [0.717, 1.165) is 50.9 Å². The maximum Gasteiger partial charge on any atom is 0.118 e. The second kappa shape index (κ2) is 8.57. The van der Waals surface area contributed by atoms with Crippen molar-refractivity contribution in [3.05, 3.63) is 23.2 Å². The molecule has 1 N–H and O–H groups in total. The lowest BCUT2D eigenvalue weighted by Gasteiger charge is -2.19. The van der Waals surface area contributed by atoms with E-state index >= 15 is 0 Å². The molecule has 0 unspecified atom stereocenters. The Bertz CT molecular complexity index is 407. The summed E-state index contributed by atoms with van der Waals surface area (Å²) in [6.07, 6.45) is 0. The van der Waals surface area contributed by atoms with Crippen LogP contribution in [0.15, 0.2) is 10.5 Å². The molecule has 21 heavy (non-hydrogen) atoms. The van der Waals surface area contributed by atoms with Crippen LogP contribution in [0.4, 0.5) is 0 Å². The Hall–Kier alpha value is -0.840. The number of rotatable bonds is 9. The van der Waals surface area contributed by atoms with Gasteiger partial charge in [-0.3, -0.25) is 4.90 Å². The third kappa shape index (κ3) is 7.11. The van der Waals surface area contributed by atoms with Crippen molar-refractivity contribution >= 4 is 0 Å². The van der Waals surface area contributed by atoms with Crippen molar-refractivity contribution in [1.82, 2.24) is 10.2 Å². The van der Waals surface area contributed by atoms with Gasteiger partial charge in [-0.25, -0.2) is 0 Å². The Morgan fingerprint density at radius 1 is 1.29 bits per heavy atom. The first-order valence-electron chi connectivity index (χ1n) is 7.99. The number of aryl methyl sites for hydroxylation is 1. The summed E-state index contributed by atoms with van der Waals surface area (Å²) in [7, 11) is 0. The molecule has 1 rings (SSSR count). The molecule has 1 aromatic rings. The monoisotopic (exact) mass is 296 g/mol. The second-order valence-electron chi connectivity index (χ2n) is 6.46. The number of nitrogens with zero attached hydrogens (tertiary/aromatic N) is 1. The van der Waals surface area contributed by atoms with E-state index in [1.807, 2.05) is 13.8 Å². The van der Waals surface area contributed by atoms with Gasteiger partial charge in [0.05, 0.1) is 13.2 Å². The highest BCUT2D eigenvalue weighted by Gasteiger charge is 2.14. The van der Waals surface area contributed by atoms with E-state index < -0.39 is 0 Å². The van der Waals surface area contributed by atoms with E-state index in [0.29, 0.717) is 0 Å². The minimum atomic E-state index is 0.105. The van der Waals surface area contributed by atoms with Gasteiger partial charge in [-0.05, 0) is 47.2 Å². The maximum absolute atomic E-state index is 5.86. The Labute approximate surface area is 129 Å². The smallest absolute Gasteiger partial charge is 0.118 e. The summed E-state index contributed by atoms with van der Waals surface area (Å²) in [5.41, 5.74) is 1.38. The molecular formula is C17H32N2O2. The van der Waals surface area contributed by atoms with Crippen molar-refractivity contribution in [2.24, 2.45) is 0 Å². The fourth-order valence-electron chi connectivity index (χ4n) is 2.11. The lowest BCUT2D eigenvalue weighted by molar-refractivity contribution is 0.112. The fourth-order valence-corrected chi connectivity index (χ4v) is 2.11. The zero-order valence-corrected chi connectivity index (χ0v) is 14.6. The average Bonchev–Trinajstić information content (AvgIpc) is 2.75. The number of hydrogen-bond acceptors (Lipinski definition) is 4. The van der Waals surface area contributed by atoms with Gasteiger partial charge >= 0.3 is 0 Å². The summed E-state index contributed by atoms with van der Waals surface area (Å²) in [6, 6.07) is 2.18. The SMILES string of the molecule is CCOCCN(CC)Cc1cc(CNC(C)(C)C)oc1C. The Morgan fingerprint density at radius 2 is 2.00 bits per heavy atom. The van der Waals surface area contributed by atoms with Gasteiger partial charge in [0.2, 0.25) is 0 Å². The van der Waals surface area contributed by atoms with Crippen molar-refractivity contribution < 1.29 is 9.15 Å². The van der Waals surface area contributed by atoms with Crippen LogP contribution in [-0.2, 0) is 17.8 Å². The molecule has 0 atom stereocenters. The first-order valence-corrected chi connectivity index (χ1v) is 7.99. The topological polar surface area (TPSA) is 37.6 Å². The molecule has 122 valence electrons. The van der Waals surface area contributed by atoms with Crippen LogP contribution in [0.1, 0.15) is 51.7 Å². The second-order valence-corrected chi connectivity index (χ2v) is 6.46. The van der Waals surface area contributed by atoms with Crippen LogP contribution in [-0.4, -0.2) is 36.7 Å². The number of ether oxygens (including phenoxy) is 1. The van der Waals surface area contributed by atoms with Crippen molar-refractivity contribution in [1.29, 1.82) is 0 Å². The Balaban J connectivity index is 2.56. The van der Waals surface area contributed by atoms with Crippen molar-refractivity contribution in [3.63, 3.8) is 0 Å². The summed E-state index contributed by atoms with van der Waals surface area (Å²) >= 11 is 0. The molecule has 0 aliphatic rings. The molecule has 0 radical (unpaired) electrons. The molecule has 1 aromatic heterocycles. The lowest BCUT2D eigenvalue weighted by atomic mass is 10.1. The van der Waals surface area contributed by atoms with E-state index in [1.54, 1.807) is 0 Å². The van der Waals surface area contributed by atoms with Crippen molar-refractivity contribution in [3.8, 4) is 0 Å². The fraction of sp³-hybridized carbons (Fsp3) is 0.765. The van der Waals surface area contributed by atoms with Crippen LogP contribution < -0.4 is 5.32 Å². The zero-order valence-electron chi connectivity index (χ0n) is 14.6. The molecule has 0 amide bonds. The van der Waals surface area contributed by atoms with Crippen molar-refractivity contribution in [2.45, 2.75) is 60.2 Å². The van der Waals surface area contributed by atoms with E-state index in [9.17, 15) is 0 Å². The average molecular weight is 296 g/mol. The molecule has 0 aliphatic carbocycles. The minimum Gasteiger partial charge on any atom is -0.465 e. The molecule has 4 nitrogen and oxygen atoms in total. The molecule has 0 aromatic carbocycles. The molecule has 4 heteroatoms. The molecule has 0 fully saturated rings. The van der Waals surface area contributed by atoms with Gasteiger partial charge in [-0.2, -0.15) is 0 Å². The first-order chi connectivity index (χ1) is 9.85. The highest BCUT2D eigenvalue weighted by Crippen LogP contribution is 2.17. The van der Waals surface area contributed by atoms with Gasteiger partial charge in [0.25, 0.3) is 0 Å². The summed E-state index contributed by atoms with van der Waals surface area (Å²) in [5.74, 6) is 2.04. The highest BCUT2D eigenvalue weighted by molar-refractivity contribution is 5.20. The zero-order chi connectivity index (χ0) is 15.9. The number of likely N-dealkylation sites (N-methyl/N-ethyl adjacent to an activating group) is 1. The number of furan rings is 1. The molecule has 0 saturated carbocycles. The van der Waals surface area contributed by atoms with Gasteiger partial charge in [0.1, 0.15) is 11.5 Å². The van der Waals surface area contributed by atoms with Gasteiger partial charge in [0.15, 0.2) is 0 Å². The quantitative estimate of drug-likeness (QED) is 0.709. The minimum absolute atomic E-state index is 0.105. The molecular weight excluding hydrogens is 264 g/mol. The van der Waals surface area contributed by atoms with E-state index in [-0.39, 0.29) is 5.54 Å². The lowest BCUT2D eigenvalue weighted by Crippen LogP contribution is -2.34. The van der Waals surface area contributed by atoms with Crippen LogP contribution in [0.3, 0.4) is 0 Å². The molecule has 0 spiro atoms.